The van der Waals surface area contributed by atoms with Crippen molar-refractivity contribution < 1.29 is 4.42 Å². The van der Waals surface area contributed by atoms with E-state index in [1.807, 2.05) is 23.9 Å². The van der Waals surface area contributed by atoms with Gasteiger partial charge in [0, 0.05) is 17.7 Å². The van der Waals surface area contributed by atoms with Gasteiger partial charge in [0.15, 0.2) is 5.58 Å². The summed E-state index contributed by atoms with van der Waals surface area (Å²) in [5.41, 5.74) is 8.43. The van der Waals surface area contributed by atoms with E-state index in [1.54, 1.807) is 12.4 Å². The Morgan fingerprint density at radius 3 is 2.94 bits per heavy atom. The van der Waals surface area contributed by atoms with Crippen molar-refractivity contribution in [3.8, 4) is 11.6 Å². The first-order valence-electron chi connectivity index (χ1n) is 4.97. The van der Waals surface area contributed by atoms with Gasteiger partial charge in [0.2, 0.25) is 5.89 Å². The number of anilines is 1. The van der Waals surface area contributed by atoms with Crippen LogP contribution in [-0.2, 0) is 7.05 Å². The van der Waals surface area contributed by atoms with Crippen molar-refractivity contribution >= 4 is 32.7 Å². The van der Waals surface area contributed by atoms with Crippen LogP contribution in [0, 0.1) is 0 Å². The molecule has 86 valence electrons. The molecule has 0 saturated carbocycles. The molecule has 3 rings (SSSR count). The summed E-state index contributed by atoms with van der Waals surface area (Å²) in [7, 11) is 1.89. The van der Waals surface area contributed by atoms with Gasteiger partial charge in [-0.1, -0.05) is 15.9 Å². The number of hydrogen-bond acceptors (Lipinski definition) is 4. The van der Waals surface area contributed by atoms with Gasteiger partial charge in [-0.25, -0.2) is 9.97 Å². The summed E-state index contributed by atoms with van der Waals surface area (Å²) in [6, 6.07) is 3.65. The number of rotatable bonds is 1. The quantitative estimate of drug-likeness (QED) is 0.700. The molecule has 2 aromatic heterocycles. The van der Waals surface area contributed by atoms with Gasteiger partial charge in [0.05, 0.1) is 12.0 Å². The lowest BCUT2D eigenvalue weighted by Crippen LogP contribution is -1.84. The summed E-state index contributed by atoms with van der Waals surface area (Å²) in [6.07, 6.45) is 3.54. The highest BCUT2D eigenvalue weighted by Crippen LogP contribution is 2.29. The maximum Gasteiger partial charge on any atom is 0.247 e. The Morgan fingerprint density at radius 2 is 2.24 bits per heavy atom. The van der Waals surface area contributed by atoms with Gasteiger partial charge in [-0.15, -0.1) is 0 Å². The normalized spacial score (nSPS) is 11.2. The number of aromatic nitrogens is 3. The molecule has 17 heavy (non-hydrogen) atoms. The third kappa shape index (κ3) is 1.70. The van der Waals surface area contributed by atoms with Crippen LogP contribution < -0.4 is 5.73 Å². The molecule has 2 heterocycles. The topological polar surface area (TPSA) is 69.9 Å². The number of fused-ring (bicyclic) bond motifs is 1. The van der Waals surface area contributed by atoms with E-state index >= 15 is 0 Å². The zero-order chi connectivity index (χ0) is 12.0. The van der Waals surface area contributed by atoms with Crippen LogP contribution in [0.3, 0.4) is 0 Å². The van der Waals surface area contributed by atoms with Crippen molar-refractivity contribution in [2.75, 3.05) is 5.73 Å². The van der Waals surface area contributed by atoms with E-state index < -0.39 is 0 Å². The first kappa shape index (κ1) is 10.3. The van der Waals surface area contributed by atoms with Crippen LogP contribution in [0.5, 0.6) is 0 Å². The van der Waals surface area contributed by atoms with Crippen molar-refractivity contribution in [2.45, 2.75) is 0 Å². The van der Waals surface area contributed by atoms with E-state index in [9.17, 15) is 0 Å². The number of hydrogen-bond donors (Lipinski definition) is 1. The third-order valence-corrected chi connectivity index (χ3v) is 2.87. The number of halogens is 1. The van der Waals surface area contributed by atoms with Gasteiger partial charge < -0.3 is 14.7 Å². The number of benzene rings is 1. The highest BCUT2D eigenvalue weighted by Gasteiger charge is 2.12. The second kappa shape index (κ2) is 3.59. The van der Waals surface area contributed by atoms with Crippen LogP contribution in [-0.4, -0.2) is 14.5 Å². The number of nitrogens with zero attached hydrogens (tertiary/aromatic N) is 3. The second-order valence-electron chi connectivity index (χ2n) is 3.79. The van der Waals surface area contributed by atoms with Crippen LogP contribution in [0.1, 0.15) is 0 Å². The highest BCUT2D eigenvalue weighted by molar-refractivity contribution is 9.10. The number of nitrogens with two attached hydrogens (primary N) is 1. The van der Waals surface area contributed by atoms with Gasteiger partial charge in [-0.2, -0.15) is 0 Å². The Balaban J connectivity index is 2.23. The summed E-state index contributed by atoms with van der Waals surface area (Å²) < 4.78 is 8.34. The summed E-state index contributed by atoms with van der Waals surface area (Å²) in [6.45, 7) is 0. The minimum Gasteiger partial charge on any atom is -0.432 e. The number of imidazole rings is 1. The van der Waals surface area contributed by atoms with Crippen molar-refractivity contribution in [1.82, 2.24) is 14.5 Å². The third-order valence-electron chi connectivity index (χ3n) is 2.41. The van der Waals surface area contributed by atoms with Crippen LogP contribution in [0.25, 0.3) is 22.7 Å². The van der Waals surface area contributed by atoms with Crippen LogP contribution in [0.15, 0.2) is 33.5 Å². The van der Waals surface area contributed by atoms with Gasteiger partial charge in [-0.05, 0) is 12.1 Å². The molecule has 0 atom stereocenters. The van der Waals surface area contributed by atoms with E-state index in [-0.39, 0.29) is 0 Å². The van der Waals surface area contributed by atoms with Crippen LogP contribution >= 0.6 is 15.9 Å². The van der Waals surface area contributed by atoms with Crippen molar-refractivity contribution in [2.24, 2.45) is 7.05 Å². The molecule has 0 amide bonds. The van der Waals surface area contributed by atoms with Crippen LogP contribution in [0.2, 0.25) is 0 Å². The Labute approximate surface area is 105 Å². The highest BCUT2D eigenvalue weighted by atomic mass is 79.9. The van der Waals surface area contributed by atoms with Crippen molar-refractivity contribution in [3.05, 3.63) is 29.1 Å². The standard InChI is InChI=1S/C11H9BrN4O/c1-16-4-9(14-5-16)11-15-8-3-6(12)2-7(13)10(8)17-11/h2-5H,13H2,1H3. The summed E-state index contributed by atoms with van der Waals surface area (Å²) in [4.78, 5) is 8.55. The molecule has 0 unspecified atom stereocenters. The largest absolute Gasteiger partial charge is 0.432 e. The molecule has 0 aliphatic carbocycles. The summed E-state index contributed by atoms with van der Waals surface area (Å²) >= 11 is 3.37. The molecule has 0 saturated heterocycles. The Hall–Kier alpha value is -1.82. The zero-order valence-electron chi connectivity index (χ0n) is 9.01. The molecule has 1 aromatic carbocycles. The average Bonchev–Trinajstić information content (AvgIpc) is 2.83. The number of oxazole rings is 1. The van der Waals surface area contributed by atoms with Gasteiger partial charge >= 0.3 is 0 Å². The Bertz CT molecular complexity index is 701. The van der Waals surface area contributed by atoms with E-state index in [2.05, 4.69) is 25.9 Å². The lowest BCUT2D eigenvalue weighted by atomic mass is 10.3. The zero-order valence-corrected chi connectivity index (χ0v) is 10.6. The maximum atomic E-state index is 5.86. The van der Waals surface area contributed by atoms with Gasteiger partial charge in [0.1, 0.15) is 11.2 Å². The maximum absolute atomic E-state index is 5.86. The molecule has 0 aliphatic rings. The Morgan fingerprint density at radius 1 is 1.41 bits per heavy atom. The molecule has 5 nitrogen and oxygen atoms in total. The first-order valence-corrected chi connectivity index (χ1v) is 5.76. The molecular weight excluding hydrogens is 284 g/mol. The monoisotopic (exact) mass is 292 g/mol. The molecule has 0 bridgehead atoms. The molecule has 0 fully saturated rings. The smallest absolute Gasteiger partial charge is 0.247 e. The predicted molar refractivity (Wildman–Crippen MR) is 68.3 cm³/mol. The van der Waals surface area contributed by atoms with Crippen LogP contribution in [0.4, 0.5) is 5.69 Å². The average molecular weight is 293 g/mol. The molecule has 0 spiro atoms. The lowest BCUT2D eigenvalue weighted by Gasteiger charge is -1.93. The molecule has 3 aromatic rings. The van der Waals surface area contributed by atoms with Gasteiger partial charge in [-0.3, -0.25) is 0 Å². The second-order valence-corrected chi connectivity index (χ2v) is 4.70. The fourth-order valence-electron chi connectivity index (χ4n) is 1.66. The SMILES string of the molecule is Cn1cnc(-c2nc3cc(Br)cc(N)c3o2)c1. The van der Waals surface area contributed by atoms with Crippen molar-refractivity contribution in [3.63, 3.8) is 0 Å². The van der Waals surface area contributed by atoms with E-state index in [1.165, 1.54) is 0 Å². The lowest BCUT2D eigenvalue weighted by molar-refractivity contribution is 0.618. The van der Waals surface area contributed by atoms with Crippen molar-refractivity contribution in [1.29, 1.82) is 0 Å². The molecule has 0 radical (unpaired) electrons. The fourth-order valence-corrected chi connectivity index (χ4v) is 2.12. The minimum atomic E-state index is 0.477. The molecular formula is C11H9BrN4O. The van der Waals surface area contributed by atoms with Gasteiger partial charge in [0.25, 0.3) is 0 Å². The summed E-state index contributed by atoms with van der Waals surface area (Å²) in [5, 5.41) is 0. The number of nitrogen functional groups attached to an aromatic ring is 1. The molecule has 0 aliphatic heterocycles. The molecule has 2 N–H and O–H groups in total. The summed E-state index contributed by atoms with van der Waals surface area (Å²) in [5.74, 6) is 0.477. The molecule has 6 heteroatoms. The van der Waals surface area contributed by atoms with E-state index in [0.29, 0.717) is 22.9 Å². The fraction of sp³-hybridized carbons (Fsp3) is 0.0909. The predicted octanol–water partition coefficient (Wildman–Crippen LogP) is 2.57. The first-order chi connectivity index (χ1) is 8.13. The van der Waals surface area contributed by atoms with E-state index in [0.717, 1.165) is 9.99 Å². The number of aryl methyl sites for hydroxylation is 1. The Kier molecular flexibility index (Phi) is 2.19. The van der Waals surface area contributed by atoms with E-state index in [4.69, 9.17) is 10.2 Å². The minimum absolute atomic E-state index is 0.477.